The van der Waals surface area contributed by atoms with E-state index in [1.54, 1.807) is 11.0 Å². The average molecular weight is 365 g/mol. The number of morpholine rings is 1. The zero-order valence-electron chi connectivity index (χ0n) is 15.6. The quantitative estimate of drug-likeness (QED) is 0.765. The zero-order chi connectivity index (χ0) is 18.9. The lowest BCUT2D eigenvalue weighted by atomic mass is 10.2. The molecule has 0 aromatic heterocycles. The van der Waals surface area contributed by atoms with Gasteiger partial charge in [-0.05, 0) is 23.3 Å². The summed E-state index contributed by atoms with van der Waals surface area (Å²) in [6.45, 7) is 8.74. The highest BCUT2D eigenvalue weighted by molar-refractivity contribution is 5.74. The third-order valence-electron chi connectivity index (χ3n) is 4.61. The topological polar surface area (TPSA) is 44.8 Å². The van der Waals surface area contributed by atoms with Gasteiger partial charge < -0.3 is 19.9 Å². The Morgan fingerprint density at radius 2 is 1.78 bits per heavy atom. The van der Waals surface area contributed by atoms with Crippen LogP contribution in [-0.2, 0) is 17.8 Å². The fraction of sp³-hybridized carbons (Fsp3) is 0.318. The highest BCUT2D eigenvalue weighted by atomic mass is 16.5. The van der Waals surface area contributed by atoms with Crippen molar-refractivity contribution in [2.45, 2.75) is 13.1 Å². The van der Waals surface area contributed by atoms with E-state index < -0.39 is 0 Å². The fourth-order valence-corrected chi connectivity index (χ4v) is 3.11. The van der Waals surface area contributed by atoms with Gasteiger partial charge in [0.2, 0.25) is 0 Å². The second-order valence-corrected chi connectivity index (χ2v) is 6.58. The second kappa shape index (κ2) is 9.78. The molecule has 1 fully saturated rings. The maximum atomic E-state index is 12.6. The molecule has 0 aliphatic carbocycles. The van der Waals surface area contributed by atoms with Gasteiger partial charge in [-0.25, -0.2) is 4.79 Å². The van der Waals surface area contributed by atoms with Crippen molar-refractivity contribution in [2.75, 3.05) is 37.7 Å². The number of carbonyl (C=O) groups is 1. The van der Waals surface area contributed by atoms with Crippen LogP contribution in [-0.4, -0.2) is 43.8 Å². The minimum atomic E-state index is -0.0870. The molecule has 142 valence electrons. The number of amides is 2. The Hall–Kier alpha value is -2.79. The van der Waals surface area contributed by atoms with Crippen LogP contribution in [0.5, 0.6) is 0 Å². The lowest BCUT2D eigenvalue weighted by Gasteiger charge is -2.29. The van der Waals surface area contributed by atoms with Crippen LogP contribution in [0, 0.1) is 0 Å². The minimum absolute atomic E-state index is 0.0870. The van der Waals surface area contributed by atoms with Gasteiger partial charge in [0.25, 0.3) is 0 Å². The molecule has 2 aromatic carbocycles. The molecule has 5 heteroatoms. The molecule has 1 aliphatic heterocycles. The predicted molar refractivity (Wildman–Crippen MR) is 109 cm³/mol. The van der Waals surface area contributed by atoms with Crippen molar-refractivity contribution in [1.82, 2.24) is 10.2 Å². The lowest BCUT2D eigenvalue weighted by molar-refractivity contribution is 0.122. The third kappa shape index (κ3) is 5.59. The van der Waals surface area contributed by atoms with E-state index in [0.717, 1.165) is 37.4 Å². The molecule has 0 unspecified atom stereocenters. The second-order valence-electron chi connectivity index (χ2n) is 6.58. The van der Waals surface area contributed by atoms with Crippen molar-refractivity contribution in [3.8, 4) is 0 Å². The normalized spacial score (nSPS) is 13.9. The van der Waals surface area contributed by atoms with E-state index in [9.17, 15) is 4.79 Å². The summed E-state index contributed by atoms with van der Waals surface area (Å²) in [7, 11) is 0. The summed E-state index contributed by atoms with van der Waals surface area (Å²) in [6.07, 6.45) is 1.75. The van der Waals surface area contributed by atoms with E-state index in [4.69, 9.17) is 4.74 Å². The summed E-state index contributed by atoms with van der Waals surface area (Å²) in [4.78, 5) is 16.6. The lowest BCUT2D eigenvalue weighted by Crippen LogP contribution is -2.39. The van der Waals surface area contributed by atoms with E-state index in [0.29, 0.717) is 19.6 Å². The van der Waals surface area contributed by atoms with Crippen LogP contribution in [0.4, 0.5) is 10.5 Å². The van der Waals surface area contributed by atoms with Crippen LogP contribution in [0.15, 0.2) is 67.3 Å². The van der Waals surface area contributed by atoms with E-state index in [1.165, 1.54) is 5.69 Å². The summed E-state index contributed by atoms with van der Waals surface area (Å²) in [5.41, 5.74) is 3.38. The molecule has 1 N–H and O–H groups in total. The zero-order valence-corrected chi connectivity index (χ0v) is 15.6. The van der Waals surface area contributed by atoms with Crippen LogP contribution < -0.4 is 10.2 Å². The maximum Gasteiger partial charge on any atom is 0.318 e. The number of carbonyl (C=O) groups excluding carboxylic acids is 1. The van der Waals surface area contributed by atoms with Gasteiger partial charge in [0.05, 0.1) is 13.2 Å². The summed E-state index contributed by atoms with van der Waals surface area (Å²) in [6, 6.07) is 18.3. The number of ether oxygens (including phenoxy) is 1. The van der Waals surface area contributed by atoms with Gasteiger partial charge in [0.1, 0.15) is 0 Å². The molecule has 1 aliphatic rings. The molecule has 3 rings (SSSR count). The summed E-state index contributed by atoms with van der Waals surface area (Å²) < 4.78 is 5.39. The van der Waals surface area contributed by atoms with Crippen molar-refractivity contribution < 1.29 is 9.53 Å². The SMILES string of the molecule is C=CCN(Cc1ccccc1)C(=O)NCc1ccc(N2CCOCC2)cc1. The van der Waals surface area contributed by atoms with Crippen molar-refractivity contribution >= 4 is 11.7 Å². The Bertz CT molecular complexity index is 725. The maximum absolute atomic E-state index is 12.6. The first-order valence-electron chi connectivity index (χ1n) is 9.35. The first-order chi connectivity index (χ1) is 13.3. The van der Waals surface area contributed by atoms with E-state index in [1.807, 2.05) is 30.3 Å². The first kappa shape index (κ1) is 19.0. The Morgan fingerprint density at radius 1 is 1.07 bits per heavy atom. The Labute approximate surface area is 161 Å². The van der Waals surface area contributed by atoms with Gasteiger partial charge in [0, 0.05) is 38.4 Å². The Morgan fingerprint density at radius 3 is 2.44 bits per heavy atom. The molecular formula is C22H27N3O2. The van der Waals surface area contributed by atoms with Gasteiger partial charge in [-0.2, -0.15) is 0 Å². The van der Waals surface area contributed by atoms with Crippen molar-refractivity contribution in [3.05, 3.63) is 78.4 Å². The van der Waals surface area contributed by atoms with Crippen molar-refractivity contribution in [1.29, 1.82) is 0 Å². The largest absolute Gasteiger partial charge is 0.378 e. The number of benzene rings is 2. The van der Waals surface area contributed by atoms with E-state index in [-0.39, 0.29) is 6.03 Å². The van der Waals surface area contributed by atoms with Crippen LogP contribution in [0.25, 0.3) is 0 Å². The van der Waals surface area contributed by atoms with E-state index in [2.05, 4.69) is 41.1 Å². The molecular weight excluding hydrogens is 338 g/mol. The van der Waals surface area contributed by atoms with Gasteiger partial charge in [-0.3, -0.25) is 0 Å². The summed E-state index contributed by atoms with van der Waals surface area (Å²) in [5.74, 6) is 0. The Kier molecular flexibility index (Phi) is 6.88. The number of hydrogen-bond donors (Lipinski definition) is 1. The van der Waals surface area contributed by atoms with Crippen LogP contribution in [0.3, 0.4) is 0 Å². The smallest absolute Gasteiger partial charge is 0.318 e. The predicted octanol–water partition coefficient (Wildman–Crippen LogP) is 3.42. The highest BCUT2D eigenvalue weighted by Gasteiger charge is 2.13. The van der Waals surface area contributed by atoms with Crippen molar-refractivity contribution in [2.24, 2.45) is 0 Å². The average Bonchev–Trinajstić information content (AvgIpc) is 2.73. The number of hydrogen-bond acceptors (Lipinski definition) is 3. The minimum Gasteiger partial charge on any atom is -0.378 e. The molecule has 27 heavy (non-hydrogen) atoms. The molecule has 1 heterocycles. The number of anilines is 1. The Balaban J connectivity index is 1.54. The van der Waals surface area contributed by atoms with E-state index >= 15 is 0 Å². The summed E-state index contributed by atoms with van der Waals surface area (Å²) in [5, 5.41) is 3.01. The number of nitrogens with zero attached hydrogens (tertiary/aromatic N) is 2. The third-order valence-corrected chi connectivity index (χ3v) is 4.61. The standard InChI is InChI=1S/C22H27N3O2/c1-2-12-25(18-20-6-4-3-5-7-20)22(26)23-17-19-8-10-21(11-9-19)24-13-15-27-16-14-24/h2-11H,1,12-18H2,(H,23,26). The molecule has 2 amide bonds. The van der Waals surface area contributed by atoms with Gasteiger partial charge in [0.15, 0.2) is 0 Å². The van der Waals surface area contributed by atoms with Gasteiger partial charge >= 0.3 is 6.03 Å². The molecule has 1 saturated heterocycles. The molecule has 0 spiro atoms. The fourth-order valence-electron chi connectivity index (χ4n) is 3.11. The molecule has 2 aromatic rings. The monoisotopic (exact) mass is 365 g/mol. The molecule has 5 nitrogen and oxygen atoms in total. The molecule has 0 radical (unpaired) electrons. The number of rotatable bonds is 7. The van der Waals surface area contributed by atoms with Crippen LogP contribution >= 0.6 is 0 Å². The van der Waals surface area contributed by atoms with Gasteiger partial charge in [-0.15, -0.1) is 6.58 Å². The summed E-state index contributed by atoms with van der Waals surface area (Å²) >= 11 is 0. The molecule has 0 atom stereocenters. The number of nitrogens with one attached hydrogen (secondary N) is 1. The van der Waals surface area contributed by atoms with Crippen molar-refractivity contribution in [3.63, 3.8) is 0 Å². The highest BCUT2D eigenvalue weighted by Crippen LogP contribution is 2.16. The van der Waals surface area contributed by atoms with Crippen LogP contribution in [0.2, 0.25) is 0 Å². The molecule has 0 saturated carbocycles. The molecule has 0 bridgehead atoms. The van der Waals surface area contributed by atoms with Gasteiger partial charge in [-0.1, -0.05) is 48.5 Å². The number of urea groups is 1. The van der Waals surface area contributed by atoms with Crippen LogP contribution in [0.1, 0.15) is 11.1 Å². The first-order valence-corrected chi connectivity index (χ1v) is 9.35.